The van der Waals surface area contributed by atoms with Crippen LogP contribution in [0, 0.1) is 11.7 Å². The molecule has 24 heavy (non-hydrogen) atoms. The highest BCUT2D eigenvalue weighted by Crippen LogP contribution is 2.35. The molecule has 1 N–H and O–H groups in total. The van der Waals surface area contributed by atoms with Gasteiger partial charge < -0.3 is 10.1 Å². The van der Waals surface area contributed by atoms with Gasteiger partial charge >= 0.3 is 0 Å². The molecule has 1 fully saturated rings. The number of rotatable bonds is 6. The van der Waals surface area contributed by atoms with Crippen LogP contribution in [0.25, 0.3) is 0 Å². The number of nitrogens with zero attached hydrogens (tertiary/aromatic N) is 1. The van der Waals surface area contributed by atoms with Crippen molar-refractivity contribution in [3.8, 4) is 5.75 Å². The number of halogens is 4. The van der Waals surface area contributed by atoms with E-state index in [1.54, 1.807) is 6.07 Å². The quantitative estimate of drug-likeness (QED) is 0.747. The summed E-state index contributed by atoms with van der Waals surface area (Å²) in [5, 5.41) is 3.72. The Morgan fingerprint density at radius 2 is 1.88 bits per heavy atom. The highest BCUT2D eigenvalue weighted by atomic mass is 35.5. The number of piperazine rings is 1. The Labute approximate surface area is 162 Å². The van der Waals surface area contributed by atoms with Gasteiger partial charge in [-0.15, -0.1) is 24.8 Å². The first-order valence-electron chi connectivity index (χ1n) is 8.09. The number of benzene rings is 1. The van der Waals surface area contributed by atoms with Crippen LogP contribution in [-0.2, 0) is 0 Å². The third-order valence-electron chi connectivity index (χ3n) is 3.98. The number of ether oxygens (including phenoxy) is 1. The molecule has 1 aliphatic rings. The zero-order chi connectivity index (χ0) is 16.1. The lowest BCUT2D eigenvalue weighted by Gasteiger charge is -2.36. The highest BCUT2D eigenvalue weighted by Gasteiger charge is 2.25. The minimum absolute atomic E-state index is 0. The molecule has 1 atom stereocenters. The summed E-state index contributed by atoms with van der Waals surface area (Å²) in [6, 6.07) is 3.65. The molecule has 0 unspecified atom stereocenters. The first kappa shape index (κ1) is 23.7. The van der Waals surface area contributed by atoms with Crippen LogP contribution in [0.5, 0.6) is 5.75 Å². The molecular weight excluding hydrogens is 374 g/mol. The standard InChI is InChI=1S/C17H26ClFN2O.2ClH/c1-4-22-17-14(18)10-13(11-15(17)19)16(9-12(2)3)21-7-5-20-6-8-21;;/h10-12,16,20H,4-9H2,1-3H3;2*1H/t16-;;/m1../s1. The van der Waals surface area contributed by atoms with Gasteiger partial charge in [0.25, 0.3) is 0 Å². The van der Waals surface area contributed by atoms with E-state index >= 15 is 0 Å². The van der Waals surface area contributed by atoms with E-state index in [1.165, 1.54) is 0 Å². The summed E-state index contributed by atoms with van der Waals surface area (Å²) >= 11 is 6.24. The molecule has 3 nitrogen and oxygen atoms in total. The summed E-state index contributed by atoms with van der Waals surface area (Å²) in [4.78, 5) is 2.42. The predicted octanol–water partition coefficient (Wildman–Crippen LogP) is 4.71. The van der Waals surface area contributed by atoms with Crippen molar-refractivity contribution in [1.82, 2.24) is 10.2 Å². The average Bonchev–Trinajstić information content (AvgIpc) is 2.49. The second kappa shape index (κ2) is 11.4. The van der Waals surface area contributed by atoms with Gasteiger partial charge in [0.1, 0.15) is 0 Å². The van der Waals surface area contributed by atoms with Gasteiger partial charge in [-0.25, -0.2) is 4.39 Å². The zero-order valence-corrected chi connectivity index (χ0v) is 16.9. The van der Waals surface area contributed by atoms with Crippen molar-refractivity contribution in [3.63, 3.8) is 0 Å². The molecule has 2 rings (SSSR count). The fraction of sp³-hybridized carbons (Fsp3) is 0.647. The molecule has 0 aromatic heterocycles. The van der Waals surface area contributed by atoms with E-state index in [9.17, 15) is 4.39 Å². The highest BCUT2D eigenvalue weighted by molar-refractivity contribution is 6.32. The zero-order valence-electron chi connectivity index (χ0n) is 14.5. The van der Waals surface area contributed by atoms with E-state index in [2.05, 4.69) is 24.1 Å². The Bertz CT molecular complexity index is 474. The third kappa shape index (κ3) is 6.23. The minimum Gasteiger partial charge on any atom is -0.489 e. The summed E-state index contributed by atoms with van der Waals surface area (Å²) in [6.45, 7) is 10.5. The van der Waals surface area contributed by atoms with Crippen molar-refractivity contribution in [2.45, 2.75) is 33.2 Å². The number of nitrogens with one attached hydrogen (secondary N) is 1. The third-order valence-corrected chi connectivity index (χ3v) is 4.26. The molecule has 1 aromatic rings. The fourth-order valence-corrected chi connectivity index (χ4v) is 3.26. The maximum atomic E-state index is 14.3. The van der Waals surface area contributed by atoms with Gasteiger partial charge in [-0.2, -0.15) is 0 Å². The number of hydrogen-bond donors (Lipinski definition) is 1. The monoisotopic (exact) mass is 400 g/mol. The van der Waals surface area contributed by atoms with Crippen molar-refractivity contribution in [1.29, 1.82) is 0 Å². The molecule has 140 valence electrons. The summed E-state index contributed by atoms with van der Waals surface area (Å²) in [6.07, 6.45) is 0.990. The molecule has 0 aliphatic carbocycles. The molecule has 1 aliphatic heterocycles. The van der Waals surface area contributed by atoms with Gasteiger partial charge in [-0.1, -0.05) is 25.4 Å². The molecule has 1 heterocycles. The van der Waals surface area contributed by atoms with Crippen LogP contribution in [0.1, 0.15) is 38.8 Å². The van der Waals surface area contributed by atoms with Gasteiger partial charge in [0.2, 0.25) is 0 Å². The second-order valence-corrected chi connectivity index (χ2v) is 6.59. The van der Waals surface area contributed by atoms with Crippen molar-refractivity contribution in [2.24, 2.45) is 5.92 Å². The van der Waals surface area contributed by atoms with Crippen LogP contribution in [-0.4, -0.2) is 37.7 Å². The summed E-state index contributed by atoms with van der Waals surface area (Å²) in [5.74, 6) is 0.332. The van der Waals surface area contributed by atoms with Crippen LogP contribution in [0.2, 0.25) is 5.02 Å². The van der Waals surface area contributed by atoms with E-state index in [1.807, 2.05) is 13.0 Å². The van der Waals surface area contributed by atoms with E-state index in [-0.39, 0.29) is 42.4 Å². The van der Waals surface area contributed by atoms with E-state index in [0.717, 1.165) is 38.2 Å². The molecule has 0 saturated carbocycles. The minimum atomic E-state index is -0.367. The van der Waals surface area contributed by atoms with E-state index in [4.69, 9.17) is 16.3 Å². The van der Waals surface area contributed by atoms with Crippen molar-refractivity contribution in [3.05, 3.63) is 28.5 Å². The SMILES string of the molecule is CCOc1c(F)cc([C@@H](CC(C)C)N2CCNCC2)cc1Cl.Cl.Cl. The van der Waals surface area contributed by atoms with Crippen LogP contribution in [0.3, 0.4) is 0 Å². The molecule has 0 radical (unpaired) electrons. The lowest BCUT2D eigenvalue weighted by Crippen LogP contribution is -2.45. The number of hydrogen-bond acceptors (Lipinski definition) is 3. The van der Waals surface area contributed by atoms with Crippen LogP contribution in [0.15, 0.2) is 12.1 Å². The van der Waals surface area contributed by atoms with Crippen LogP contribution >= 0.6 is 36.4 Å². The Kier molecular flexibility index (Phi) is 11.3. The fourth-order valence-electron chi connectivity index (χ4n) is 2.99. The maximum Gasteiger partial charge on any atom is 0.173 e. The molecule has 7 heteroatoms. The predicted molar refractivity (Wildman–Crippen MR) is 104 cm³/mol. The van der Waals surface area contributed by atoms with Crippen molar-refractivity contribution in [2.75, 3.05) is 32.8 Å². The van der Waals surface area contributed by atoms with Gasteiger partial charge in [0.15, 0.2) is 11.6 Å². The van der Waals surface area contributed by atoms with Gasteiger partial charge in [0.05, 0.1) is 11.6 Å². The topological polar surface area (TPSA) is 24.5 Å². The van der Waals surface area contributed by atoms with E-state index in [0.29, 0.717) is 17.5 Å². The molecule has 0 bridgehead atoms. The normalized spacial score (nSPS) is 16.2. The van der Waals surface area contributed by atoms with Crippen LogP contribution < -0.4 is 10.1 Å². The van der Waals surface area contributed by atoms with E-state index < -0.39 is 0 Å². The molecule has 1 saturated heterocycles. The van der Waals surface area contributed by atoms with Gasteiger partial charge in [-0.3, -0.25) is 4.90 Å². The largest absolute Gasteiger partial charge is 0.489 e. The smallest absolute Gasteiger partial charge is 0.173 e. The lowest BCUT2D eigenvalue weighted by atomic mass is 9.94. The average molecular weight is 402 g/mol. The summed E-state index contributed by atoms with van der Waals surface area (Å²) < 4.78 is 19.6. The Balaban J connectivity index is 0.00000264. The maximum absolute atomic E-state index is 14.3. The van der Waals surface area contributed by atoms with Crippen LogP contribution in [0.4, 0.5) is 4.39 Å². The Morgan fingerprint density at radius 3 is 2.38 bits per heavy atom. The van der Waals surface area contributed by atoms with Gasteiger partial charge in [-0.05, 0) is 37.0 Å². The molecule has 0 spiro atoms. The lowest BCUT2D eigenvalue weighted by molar-refractivity contribution is 0.153. The summed E-state index contributed by atoms with van der Waals surface area (Å²) in [7, 11) is 0. The Hall–Kier alpha value is -0.260. The molecule has 0 amide bonds. The Morgan fingerprint density at radius 1 is 1.25 bits per heavy atom. The summed E-state index contributed by atoms with van der Waals surface area (Å²) in [5.41, 5.74) is 0.946. The second-order valence-electron chi connectivity index (χ2n) is 6.18. The molecular formula is C17H28Cl3FN2O. The van der Waals surface area contributed by atoms with Crippen molar-refractivity contribution < 1.29 is 9.13 Å². The first-order chi connectivity index (χ1) is 10.5. The van der Waals surface area contributed by atoms with Crippen molar-refractivity contribution >= 4 is 36.4 Å². The first-order valence-corrected chi connectivity index (χ1v) is 8.47. The van der Waals surface area contributed by atoms with Gasteiger partial charge in [0, 0.05) is 32.2 Å². The molecule has 1 aromatic carbocycles.